The molecule has 2 rings (SSSR count). The maximum atomic E-state index is 4.29. The highest BCUT2D eigenvalue weighted by Gasteiger charge is 1.91. The summed E-state index contributed by atoms with van der Waals surface area (Å²) in [6.45, 7) is 2.07. The molecular formula is C13H11BrN2. The van der Waals surface area contributed by atoms with Crippen molar-refractivity contribution >= 4 is 28.0 Å². The van der Waals surface area contributed by atoms with Gasteiger partial charge in [0.2, 0.25) is 0 Å². The van der Waals surface area contributed by atoms with Gasteiger partial charge in [-0.25, -0.2) is 9.98 Å². The van der Waals surface area contributed by atoms with E-state index in [1.807, 2.05) is 30.5 Å². The number of hydrogen-bond acceptors (Lipinski definition) is 2. The van der Waals surface area contributed by atoms with Crippen LogP contribution in [0.3, 0.4) is 0 Å². The quantitative estimate of drug-likeness (QED) is 0.763. The lowest BCUT2D eigenvalue weighted by Gasteiger charge is -1.95. The number of nitrogens with zero attached hydrogens (tertiary/aromatic N) is 2. The molecule has 0 atom stereocenters. The van der Waals surface area contributed by atoms with E-state index in [0.29, 0.717) is 5.82 Å². The Morgan fingerprint density at radius 2 is 1.88 bits per heavy atom. The van der Waals surface area contributed by atoms with E-state index >= 15 is 0 Å². The average Bonchev–Trinajstić information content (AvgIpc) is 2.30. The molecule has 1 aromatic heterocycles. The molecule has 0 aliphatic rings. The third-order valence-electron chi connectivity index (χ3n) is 2.14. The average molecular weight is 275 g/mol. The van der Waals surface area contributed by atoms with E-state index in [4.69, 9.17) is 0 Å². The van der Waals surface area contributed by atoms with Crippen molar-refractivity contribution in [3.63, 3.8) is 0 Å². The number of hydrogen-bond donors (Lipinski definition) is 0. The molecule has 0 saturated carbocycles. The van der Waals surface area contributed by atoms with Crippen molar-refractivity contribution in [2.45, 2.75) is 6.92 Å². The van der Waals surface area contributed by atoms with E-state index in [1.54, 1.807) is 6.20 Å². The molecule has 80 valence electrons. The Balaban J connectivity index is 2.15. The number of rotatable bonds is 2. The zero-order valence-corrected chi connectivity index (χ0v) is 10.5. The summed E-state index contributed by atoms with van der Waals surface area (Å²) in [4.78, 5) is 8.46. The maximum Gasteiger partial charge on any atom is 0.151 e. The second-order valence-corrected chi connectivity index (χ2v) is 4.42. The van der Waals surface area contributed by atoms with Crippen LogP contribution in [-0.2, 0) is 0 Å². The molecule has 0 aliphatic carbocycles. The Morgan fingerprint density at radius 1 is 1.12 bits per heavy atom. The van der Waals surface area contributed by atoms with Crippen LogP contribution in [0.1, 0.15) is 11.1 Å². The van der Waals surface area contributed by atoms with Crippen LogP contribution in [0.25, 0.3) is 0 Å². The molecular weight excluding hydrogens is 264 g/mol. The first-order valence-electron chi connectivity index (χ1n) is 4.96. The summed E-state index contributed by atoms with van der Waals surface area (Å²) in [5.74, 6) is 0.712. The van der Waals surface area contributed by atoms with E-state index in [9.17, 15) is 0 Å². The topological polar surface area (TPSA) is 25.2 Å². The molecule has 3 heteroatoms. The van der Waals surface area contributed by atoms with Crippen molar-refractivity contribution in [1.29, 1.82) is 0 Å². The van der Waals surface area contributed by atoms with Crippen LogP contribution in [-0.4, -0.2) is 11.2 Å². The molecule has 0 amide bonds. The molecule has 2 nitrogen and oxygen atoms in total. The van der Waals surface area contributed by atoms with Crippen LogP contribution in [0.2, 0.25) is 0 Å². The van der Waals surface area contributed by atoms with Crippen LogP contribution in [0.5, 0.6) is 0 Å². The summed E-state index contributed by atoms with van der Waals surface area (Å²) in [5, 5.41) is 0. The normalized spacial score (nSPS) is 10.9. The Kier molecular flexibility index (Phi) is 3.47. The van der Waals surface area contributed by atoms with Gasteiger partial charge in [-0.2, -0.15) is 0 Å². The van der Waals surface area contributed by atoms with Gasteiger partial charge in [0.15, 0.2) is 5.82 Å². The largest absolute Gasteiger partial charge is 0.237 e. The van der Waals surface area contributed by atoms with E-state index in [0.717, 1.165) is 10.0 Å². The second-order valence-electron chi connectivity index (χ2n) is 3.50. The van der Waals surface area contributed by atoms with E-state index < -0.39 is 0 Å². The molecule has 0 fully saturated rings. The third-order valence-corrected chi connectivity index (χ3v) is 2.60. The van der Waals surface area contributed by atoms with Gasteiger partial charge in [0.1, 0.15) is 0 Å². The predicted octanol–water partition coefficient (Wildman–Crippen LogP) is 3.90. The minimum Gasteiger partial charge on any atom is -0.237 e. The molecule has 1 aromatic carbocycles. The fourth-order valence-corrected chi connectivity index (χ4v) is 1.47. The number of aryl methyl sites for hydroxylation is 1. The third kappa shape index (κ3) is 3.00. The number of aliphatic imine (C=N–C) groups is 1. The summed E-state index contributed by atoms with van der Waals surface area (Å²) in [7, 11) is 0. The molecule has 0 saturated heterocycles. The van der Waals surface area contributed by atoms with Crippen LogP contribution < -0.4 is 0 Å². The van der Waals surface area contributed by atoms with Crippen molar-refractivity contribution < 1.29 is 0 Å². The number of halogens is 1. The lowest BCUT2D eigenvalue weighted by molar-refractivity contribution is 1.26. The molecule has 0 aliphatic heterocycles. The number of pyridine rings is 1. The number of benzene rings is 1. The van der Waals surface area contributed by atoms with E-state index in [2.05, 4.69) is 45.0 Å². The first-order chi connectivity index (χ1) is 7.74. The summed E-state index contributed by atoms with van der Waals surface area (Å²) in [6, 6.07) is 12.0. The summed E-state index contributed by atoms with van der Waals surface area (Å²) < 4.78 is 0.960. The Bertz CT molecular complexity index is 439. The van der Waals surface area contributed by atoms with Gasteiger partial charge in [-0.1, -0.05) is 29.8 Å². The smallest absolute Gasteiger partial charge is 0.151 e. The van der Waals surface area contributed by atoms with Crippen LogP contribution >= 0.6 is 15.9 Å². The highest BCUT2D eigenvalue weighted by molar-refractivity contribution is 9.10. The monoisotopic (exact) mass is 274 g/mol. The minimum absolute atomic E-state index is 0.712. The first kappa shape index (κ1) is 11.0. The predicted molar refractivity (Wildman–Crippen MR) is 70.4 cm³/mol. The molecule has 0 N–H and O–H groups in total. The highest BCUT2D eigenvalue weighted by atomic mass is 79.9. The van der Waals surface area contributed by atoms with Crippen LogP contribution in [0.15, 0.2) is 52.1 Å². The molecule has 0 unspecified atom stereocenters. The van der Waals surface area contributed by atoms with E-state index in [1.165, 1.54) is 5.56 Å². The fraction of sp³-hybridized carbons (Fsp3) is 0.0769. The Labute approximate surface area is 103 Å². The van der Waals surface area contributed by atoms with E-state index in [-0.39, 0.29) is 0 Å². The maximum absolute atomic E-state index is 4.29. The molecule has 16 heavy (non-hydrogen) atoms. The van der Waals surface area contributed by atoms with Crippen molar-refractivity contribution in [2.75, 3.05) is 0 Å². The highest BCUT2D eigenvalue weighted by Crippen LogP contribution is 2.12. The Hall–Kier alpha value is -1.48. The van der Waals surface area contributed by atoms with Gasteiger partial charge < -0.3 is 0 Å². The zero-order valence-electron chi connectivity index (χ0n) is 8.89. The van der Waals surface area contributed by atoms with Gasteiger partial charge in [-0.15, -0.1) is 0 Å². The van der Waals surface area contributed by atoms with Crippen molar-refractivity contribution in [1.82, 2.24) is 4.98 Å². The lowest BCUT2D eigenvalue weighted by atomic mass is 10.2. The second kappa shape index (κ2) is 5.03. The molecule has 0 radical (unpaired) electrons. The van der Waals surface area contributed by atoms with Crippen molar-refractivity contribution in [3.05, 3.63) is 58.2 Å². The summed E-state index contributed by atoms with van der Waals surface area (Å²) >= 11 is 3.34. The minimum atomic E-state index is 0.712. The van der Waals surface area contributed by atoms with Gasteiger partial charge >= 0.3 is 0 Å². The SMILES string of the molecule is Cc1ccc(/C=N/c2ccc(Br)cn2)cc1. The molecule has 1 heterocycles. The van der Waals surface area contributed by atoms with Crippen LogP contribution in [0.4, 0.5) is 5.82 Å². The van der Waals surface area contributed by atoms with Crippen molar-refractivity contribution in [3.8, 4) is 0 Å². The van der Waals surface area contributed by atoms with Crippen molar-refractivity contribution in [2.24, 2.45) is 4.99 Å². The lowest BCUT2D eigenvalue weighted by Crippen LogP contribution is -1.81. The van der Waals surface area contributed by atoms with Gasteiger partial charge in [-0.05, 0) is 40.5 Å². The van der Waals surface area contributed by atoms with Crippen LogP contribution in [0, 0.1) is 6.92 Å². The summed E-state index contributed by atoms with van der Waals surface area (Å²) in [5.41, 5.74) is 2.33. The van der Waals surface area contributed by atoms with Gasteiger partial charge in [0, 0.05) is 16.9 Å². The van der Waals surface area contributed by atoms with Gasteiger partial charge in [0.05, 0.1) is 0 Å². The molecule has 0 spiro atoms. The zero-order chi connectivity index (χ0) is 11.4. The standard InChI is InChI=1S/C13H11BrN2/c1-10-2-4-11(5-3-10)8-15-13-7-6-12(14)9-16-13/h2-9H,1H3/b15-8+. The van der Waals surface area contributed by atoms with Gasteiger partial charge in [-0.3, -0.25) is 0 Å². The number of aromatic nitrogens is 1. The molecule has 2 aromatic rings. The fourth-order valence-electron chi connectivity index (χ4n) is 1.24. The Morgan fingerprint density at radius 3 is 2.50 bits per heavy atom. The summed E-state index contributed by atoms with van der Waals surface area (Å²) in [6.07, 6.45) is 3.55. The first-order valence-corrected chi connectivity index (χ1v) is 5.75. The van der Waals surface area contributed by atoms with Gasteiger partial charge in [0.25, 0.3) is 0 Å². The molecule has 0 bridgehead atoms.